The van der Waals surface area contributed by atoms with Gasteiger partial charge in [0, 0.05) is 12.8 Å². The summed E-state index contributed by atoms with van der Waals surface area (Å²) in [4.78, 5) is 11.4. The molecule has 0 atom stereocenters. The van der Waals surface area contributed by atoms with Crippen molar-refractivity contribution in [2.45, 2.75) is 33.6 Å². The van der Waals surface area contributed by atoms with Crippen LogP contribution in [0.4, 0.5) is 0 Å². The molecule has 1 rings (SSSR count). The van der Waals surface area contributed by atoms with E-state index in [1.165, 1.54) is 0 Å². The topological polar surface area (TPSA) is 26.3 Å². The molecule has 0 bridgehead atoms. The van der Waals surface area contributed by atoms with Gasteiger partial charge in [-0.05, 0) is 36.6 Å². The number of methoxy groups -OCH3 is 1. The maximum Gasteiger partial charge on any atom is 0.137 e. The van der Waals surface area contributed by atoms with Crippen LogP contribution in [-0.4, -0.2) is 12.9 Å². The molecule has 0 heterocycles. The summed E-state index contributed by atoms with van der Waals surface area (Å²) in [6.45, 7) is 5.91. The first-order chi connectivity index (χ1) is 7.08. The minimum atomic E-state index is 0.280. The van der Waals surface area contributed by atoms with Crippen molar-refractivity contribution in [3.8, 4) is 5.75 Å². The third-order valence-corrected chi connectivity index (χ3v) is 2.64. The molecule has 0 spiro atoms. The first-order valence-electron chi connectivity index (χ1n) is 5.24. The van der Waals surface area contributed by atoms with E-state index in [0.29, 0.717) is 12.8 Å². The lowest BCUT2D eigenvalue weighted by atomic mass is 9.99. The van der Waals surface area contributed by atoms with Crippen molar-refractivity contribution in [1.29, 1.82) is 0 Å². The quantitative estimate of drug-likeness (QED) is 0.757. The van der Waals surface area contributed by atoms with E-state index in [1.807, 2.05) is 32.9 Å². The van der Waals surface area contributed by atoms with Gasteiger partial charge in [-0.2, -0.15) is 0 Å². The number of hydrogen-bond donors (Lipinski definition) is 0. The van der Waals surface area contributed by atoms with Crippen LogP contribution in [-0.2, 0) is 11.2 Å². The summed E-state index contributed by atoms with van der Waals surface area (Å²) < 4.78 is 5.23. The van der Waals surface area contributed by atoms with Crippen molar-refractivity contribution in [2.75, 3.05) is 7.11 Å². The monoisotopic (exact) mass is 206 g/mol. The molecular weight excluding hydrogens is 188 g/mol. The zero-order valence-corrected chi connectivity index (χ0v) is 9.89. The smallest absolute Gasteiger partial charge is 0.137 e. The molecule has 0 aromatic heterocycles. The predicted octanol–water partition coefficient (Wildman–Crippen LogP) is 2.83. The van der Waals surface area contributed by atoms with Crippen LogP contribution >= 0.6 is 0 Å². The minimum Gasteiger partial charge on any atom is -0.496 e. The summed E-state index contributed by atoms with van der Waals surface area (Å²) in [7, 11) is 1.67. The Morgan fingerprint density at radius 3 is 2.47 bits per heavy atom. The zero-order valence-electron chi connectivity index (χ0n) is 9.89. The molecule has 0 fully saturated rings. The van der Waals surface area contributed by atoms with Gasteiger partial charge in [-0.3, -0.25) is 4.79 Å². The molecule has 0 unspecified atom stereocenters. The molecule has 0 aliphatic rings. The van der Waals surface area contributed by atoms with Crippen LogP contribution < -0.4 is 4.74 Å². The fourth-order valence-corrected chi connectivity index (χ4v) is 1.60. The molecule has 2 heteroatoms. The number of Topliss-reactive ketones (excluding diaryl/α,β-unsaturated/α-hetero) is 1. The van der Waals surface area contributed by atoms with Gasteiger partial charge in [0.05, 0.1) is 7.11 Å². The average Bonchev–Trinajstić information content (AvgIpc) is 2.22. The van der Waals surface area contributed by atoms with Gasteiger partial charge in [-0.25, -0.2) is 0 Å². The van der Waals surface area contributed by atoms with E-state index in [1.54, 1.807) is 7.11 Å². The van der Waals surface area contributed by atoms with Crippen molar-refractivity contribution in [3.05, 3.63) is 28.8 Å². The third kappa shape index (κ3) is 2.82. The normalized spacial score (nSPS) is 10.1. The molecule has 0 saturated heterocycles. The summed E-state index contributed by atoms with van der Waals surface area (Å²) in [6.07, 6.45) is 1.14. The van der Waals surface area contributed by atoms with Crippen molar-refractivity contribution in [1.82, 2.24) is 0 Å². The molecule has 0 radical (unpaired) electrons. The highest BCUT2D eigenvalue weighted by Crippen LogP contribution is 2.23. The third-order valence-electron chi connectivity index (χ3n) is 2.64. The molecule has 0 aliphatic heterocycles. The summed E-state index contributed by atoms with van der Waals surface area (Å²) in [5.41, 5.74) is 3.32. The lowest BCUT2D eigenvalue weighted by molar-refractivity contribution is -0.118. The number of hydrogen-bond acceptors (Lipinski definition) is 2. The Kier molecular flexibility index (Phi) is 3.89. The fourth-order valence-electron chi connectivity index (χ4n) is 1.60. The van der Waals surface area contributed by atoms with Crippen molar-refractivity contribution in [2.24, 2.45) is 0 Å². The standard InChI is InChI=1S/C13H18O2/c1-5-12(14)8-11-6-10(3)13(15-4)7-9(11)2/h6-7H,5,8H2,1-4H3. The summed E-state index contributed by atoms with van der Waals surface area (Å²) in [5, 5.41) is 0. The number of ketones is 1. The van der Waals surface area contributed by atoms with E-state index < -0.39 is 0 Å². The van der Waals surface area contributed by atoms with Gasteiger partial charge in [0.2, 0.25) is 0 Å². The van der Waals surface area contributed by atoms with Gasteiger partial charge in [-0.15, -0.1) is 0 Å². The van der Waals surface area contributed by atoms with Crippen LogP contribution in [0.25, 0.3) is 0 Å². The Hall–Kier alpha value is -1.31. The van der Waals surface area contributed by atoms with E-state index in [2.05, 4.69) is 0 Å². The van der Waals surface area contributed by atoms with Gasteiger partial charge in [0.25, 0.3) is 0 Å². The molecule has 1 aromatic carbocycles. The maximum absolute atomic E-state index is 11.4. The largest absolute Gasteiger partial charge is 0.496 e. The van der Waals surface area contributed by atoms with Gasteiger partial charge in [0.1, 0.15) is 11.5 Å². The second-order valence-electron chi connectivity index (χ2n) is 3.82. The molecule has 82 valence electrons. The van der Waals surface area contributed by atoms with Crippen LogP contribution in [0.1, 0.15) is 30.0 Å². The van der Waals surface area contributed by atoms with E-state index >= 15 is 0 Å². The SMILES string of the molecule is CCC(=O)Cc1cc(C)c(OC)cc1C. The highest BCUT2D eigenvalue weighted by molar-refractivity contribution is 5.81. The van der Waals surface area contributed by atoms with Crippen LogP contribution in [0.2, 0.25) is 0 Å². The number of benzene rings is 1. The van der Waals surface area contributed by atoms with E-state index in [9.17, 15) is 4.79 Å². The van der Waals surface area contributed by atoms with Crippen molar-refractivity contribution in [3.63, 3.8) is 0 Å². The molecular formula is C13H18O2. The van der Waals surface area contributed by atoms with E-state index in [-0.39, 0.29) is 5.78 Å². The molecule has 0 aliphatic carbocycles. The Morgan fingerprint density at radius 2 is 1.93 bits per heavy atom. The van der Waals surface area contributed by atoms with Crippen LogP contribution in [0, 0.1) is 13.8 Å². The lowest BCUT2D eigenvalue weighted by Crippen LogP contribution is -2.03. The second-order valence-corrected chi connectivity index (χ2v) is 3.82. The van der Waals surface area contributed by atoms with Crippen LogP contribution in [0.15, 0.2) is 12.1 Å². The van der Waals surface area contributed by atoms with Crippen LogP contribution in [0.3, 0.4) is 0 Å². The summed E-state index contributed by atoms with van der Waals surface area (Å²) in [5.74, 6) is 1.17. The molecule has 0 amide bonds. The molecule has 1 aromatic rings. The van der Waals surface area contributed by atoms with E-state index in [4.69, 9.17) is 4.74 Å². The summed E-state index contributed by atoms with van der Waals surface area (Å²) >= 11 is 0. The first kappa shape index (κ1) is 11.8. The van der Waals surface area contributed by atoms with Crippen LogP contribution in [0.5, 0.6) is 5.75 Å². The number of rotatable bonds is 4. The average molecular weight is 206 g/mol. The second kappa shape index (κ2) is 4.96. The summed E-state index contributed by atoms with van der Waals surface area (Å²) in [6, 6.07) is 4.04. The number of aryl methyl sites for hydroxylation is 2. The molecule has 15 heavy (non-hydrogen) atoms. The minimum absolute atomic E-state index is 0.280. The molecule has 0 saturated carbocycles. The maximum atomic E-state index is 11.4. The first-order valence-corrected chi connectivity index (χ1v) is 5.24. The van der Waals surface area contributed by atoms with Gasteiger partial charge in [-0.1, -0.05) is 13.0 Å². The number of carbonyl (C=O) groups excluding carboxylic acids is 1. The fraction of sp³-hybridized carbons (Fsp3) is 0.462. The highest BCUT2D eigenvalue weighted by atomic mass is 16.5. The Morgan fingerprint density at radius 1 is 1.27 bits per heavy atom. The number of carbonyl (C=O) groups is 1. The predicted molar refractivity (Wildman–Crippen MR) is 61.5 cm³/mol. The van der Waals surface area contributed by atoms with Crippen molar-refractivity contribution < 1.29 is 9.53 Å². The van der Waals surface area contributed by atoms with E-state index in [0.717, 1.165) is 22.4 Å². The lowest BCUT2D eigenvalue weighted by Gasteiger charge is -2.10. The number of ether oxygens (including phenoxy) is 1. The highest BCUT2D eigenvalue weighted by Gasteiger charge is 2.07. The van der Waals surface area contributed by atoms with Crippen molar-refractivity contribution >= 4 is 5.78 Å². The molecule has 0 N–H and O–H groups in total. The van der Waals surface area contributed by atoms with Gasteiger partial charge < -0.3 is 4.74 Å². The van der Waals surface area contributed by atoms with Gasteiger partial charge >= 0.3 is 0 Å². The Balaban J connectivity index is 3.00. The Labute approximate surface area is 91.3 Å². The Bertz CT molecular complexity index is 367. The van der Waals surface area contributed by atoms with Gasteiger partial charge in [0.15, 0.2) is 0 Å². The molecule has 2 nitrogen and oxygen atoms in total. The zero-order chi connectivity index (χ0) is 11.4.